The number of carbonyl (C=O) groups excluding carboxylic acids is 2. The van der Waals surface area contributed by atoms with Crippen LogP contribution in [0.1, 0.15) is 27.4 Å². The number of hydrogen-bond donors (Lipinski definition) is 1. The molecule has 0 spiro atoms. The second-order valence-electron chi connectivity index (χ2n) is 8.69. The van der Waals surface area contributed by atoms with Gasteiger partial charge in [0.25, 0.3) is 5.91 Å². The number of aliphatic hydroxyl groups excluding tert-OH is 1. The Morgan fingerprint density at radius 2 is 1.72 bits per heavy atom. The molecule has 3 atom stereocenters. The number of fused-ring (bicyclic) bond motifs is 1. The SMILES string of the molecule is Cc1cccc(-c2ccc([C@@H]3[C@H](CO)N4C(=O)CN(C(=O)c5ccccc5)C[C@@H]34)cc2)c1. The average Bonchev–Trinajstić information content (AvgIpc) is 2.81. The molecular formula is C27H26N2O3. The number of hydrogen-bond acceptors (Lipinski definition) is 3. The van der Waals surface area contributed by atoms with Crippen LogP contribution in [0, 0.1) is 6.92 Å². The Hall–Kier alpha value is -3.44. The fourth-order valence-electron chi connectivity index (χ4n) is 5.14. The number of amides is 2. The van der Waals surface area contributed by atoms with Gasteiger partial charge >= 0.3 is 0 Å². The summed E-state index contributed by atoms with van der Waals surface area (Å²) in [6, 6.07) is 25.5. The van der Waals surface area contributed by atoms with Crippen molar-refractivity contribution in [2.24, 2.45) is 0 Å². The van der Waals surface area contributed by atoms with Crippen LogP contribution in [-0.4, -0.2) is 58.5 Å². The molecule has 2 aliphatic heterocycles. The summed E-state index contributed by atoms with van der Waals surface area (Å²) in [6.45, 7) is 2.52. The molecule has 2 heterocycles. The Kier molecular flexibility index (Phi) is 5.27. The molecule has 0 unspecified atom stereocenters. The molecule has 2 saturated heterocycles. The van der Waals surface area contributed by atoms with E-state index in [2.05, 4.69) is 55.5 Å². The molecule has 0 saturated carbocycles. The van der Waals surface area contributed by atoms with Crippen LogP contribution < -0.4 is 0 Å². The van der Waals surface area contributed by atoms with Crippen molar-refractivity contribution in [2.45, 2.75) is 24.9 Å². The summed E-state index contributed by atoms with van der Waals surface area (Å²) in [5.74, 6) is -0.223. The van der Waals surface area contributed by atoms with Crippen molar-refractivity contribution in [1.82, 2.24) is 9.80 Å². The molecule has 0 radical (unpaired) electrons. The van der Waals surface area contributed by atoms with E-state index in [4.69, 9.17) is 0 Å². The van der Waals surface area contributed by atoms with Gasteiger partial charge in [0.05, 0.1) is 18.7 Å². The zero-order valence-electron chi connectivity index (χ0n) is 18.0. The number of aryl methyl sites for hydroxylation is 1. The fourth-order valence-corrected chi connectivity index (χ4v) is 5.14. The van der Waals surface area contributed by atoms with Crippen LogP contribution in [0.25, 0.3) is 11.1 Å². The lowest BCUT2D eigenvalue weighted by atomic mass is 9.73. The second kappa shape index (κ2) is 8.24. The maximum atomic E-state index is 13.0. The molecule has 162 valence electrons. The van der Waals surface area contributed by atoms with E-state index in [0.29, 0.717) is 12.1 Å². The number of carbonyl (C=O) groups is 2. The van der Waals surface area contributed by atoms with Gasteiger partial charge in [-0.2, -0.15) is 0 Å². The Balaban J connectivity index is 1.39. The van der Waals surface area contributed by atoms with Crippen molar-refractivity contribution in [3.05, 3.63) is 95.6 Å². The van der Waals surface area contributed by atoms with Gasteiger partial charge < -0.3 is 14.9 Å². The molecule has 0 aromatic heterocycles. The summed E-state index contributed by atoms with van der Waals surface area (Å²) < 4.78 is 0. The lowest BCUT2D eigenvalue weighted by Crippen LogP contribution is -2.73. The van der Waals surface area contributed by atoms with Crippen LogP contribution in [-0.2, 0) is 4.79 Å². The van der Waals surface area contributed by atoms with Crippen LogP contribution >= 0.6 is 0 Å². The molecule has 32 heavy (non-hydrogen) atoms. The highest BCUT2D eigenvalue weighted by molar-refractivity contribution is 5.97. The quantitative estimate of drug-likeness (QED) is 0.695. The maximum absolute atomic E-state index is 13.0. The normalized spacial score (nSPS) is 22.3. The zero-order chi connectivity index (χ0) is 22.2. The summed E-state index contributed by atoms with van der Waals surface area (Å²) in [5, 5.41) is 10.0. The van der Waals surface area contributed by atoms with E-state index in [1.54, 1.807) is 21.9 Å². The summed E-state index contributed by atoms with van der Waals surface area (Å²) in [6.07, 6.45) is 0. The van der Waals surface area contributed by atoms with Gasteiger partial charge in [-0.15, -0.1) is 0 Å². The average molecular weight is 427 g/mol. The van der Waals surface area contributed by atoms with Crippen LogP contribution in [0.5, 0.6) is 0 Å². The van der Waals surface area contributed by atoms with Gasteiger partial charge in [0.1, 0.15) is 6.54 Å². The topological polar surface area (TPSA) is 60.9 Å². The fraction of sp³-hybridized carbons (Fsp3) is 0.259. The van der Waals surface area contributed by atoms with Crippen molar-refractivity contribution in [3.63, 3.8) is 0 Å². The van der Waals surface area contributed by atoms with Crippen LogP contribution in [0.3, 0.4) is 0 Å². The zero-order valence-corrected chi connectivity index (χ0v) is 18.0. The van der Waals surface area contributed by atoms with Gasteiger partial charge in [-0.1, -0.05) is 72.3 Å². The van der Waals surface area contributed by atoms with E-state index in [0.717, 1.165) is 16.7 Å². The lowest BCUT2D eigenvalue weighted by molar-refractivity contribution is -0.159. The van der Waals surface area contributed by atoms with Crippen molar-refractivity contribution >= 4 is 11.8 Å². The number of nitrogens with zero attached hydrogens (tertiary/aromatic N) is 2. The Morgan fingerprint density at radius 3 is 2.41 bits per heavy atom. The number of rotatable bonds is 4. The molecule has 3 aromatic rings. The van der Waals surface area contributed by atoms with Crippen LogP contribution in [0.2, 0.25) is 0 Å². The van der Waals surface area contributed by atoms with E-state index in [1.807, 2.05) is 18.2 Å². The van der Waals surface area contributed by atoms with Crippen LogP contribution in [0.15, 0.2) is 78.9 Å². The summed E-state index contributed by atoms with van der Waals surface area (Å²) >= 11 is 0. The van der Waals surface area contributed by atoms with Gasteiger partial charge in [-0.3, -0.25) is 9.59 Å². The third-order valence-electron chi connectivity index (χ3n) is 6.71. The minimum absolute atomic E-state index is 0.00174. The van der Waals surface area contributed by atoms with Gasteiger partial charge in [0.2, 0.25) is 5.91 Å². The van der Waals surface area contributed by atoms with Gasteiger partial charge in [0.15, 0.2) is 0 Å². The summed E-state index contributed by atoms with van der Waals surface area (Å²) in [5.41, 5.74) is 5.19. The first-order valence-corrected chi connectivity index (χ1v) is 11.0. The first-order chi connectivity index (χ1) is 15.6. The molecule has 0 bridgehead atoms. The van der Waals surface area contributed by atoms with Crippen molar-refractivity contribution in [2.75, 3.05) is 19.7 Å². The predicted octanol–water partition coefficient (Wildman–Crippen LogP) is 3.47. The molecule has 2 aliphatic rings. The first-order valence-electron chi connectivity index (χ1n) is 11.0. The molecule has 5 nitrogen and oxygen atoms in total. The van der Waals surface area contributed by atoms with Gasteiger partial charge in [-0.05, 0) is 35.7 Å². The van der Waals surface area contributed by atoms with E-state index < -0.39 is 0 Å². The van der Waals surface area contributed by atoms with E-state index in [-0.39, 0.29) is 43.0 Å². The highest BCUT2D eigenvalue weighted by atomic mass is 16.3. The molecule has 5 rings (SSSR count). The van der Waals surface area contributed by atoms with Crippen LogP contribution in [0.4, 0.5) is 0 Å². The second-order valence-corrected chi connectivity index (χ2v) is 8.69. The Morgan fingerprint density at radius 1 is 0.969 bits per heavy atom. The molecule has 2 amide bonds. The highest BCUT2D eigenvalue weighted by Crippen LogP contribution is 2.43. The first kappa shape index (κ1) is 20.5. The number of aliphatic hydroxyl groups is 1. The molecule has 1 N–H and O–H groups in total. The summed E-state index contributed by atoms with van der Waals surface area (Å²) in [4.78, 5) is 29.2. The van der Waals surface area contributed by atoms with Crippen molar-refractivity contribution < 1.29 is 14.7 Å². The molecule has 5 heteroatoms. The molecule has 0 aliphatic carbocycles. The minimum Gasteiger partial charge on any atom is -0.394 e. The standard InChI is InChI=1S/C27H26N2O3/c1-18-6-5-9-22(14-18)19-10-12-20(13-11-19)26-23-15-28(16-25(31)29(23)24(26)17-30)27(32)21-7-3-2-4-8-21/h2-14,23-24,26,30H,15-17H2,1H3/t23-,24-,26-/m0/s1. The van der Waals surface area contributed by atoms with Crippen molar-refractivity contribution in [3.8, 4) is 11.1 Å². The Bertz CT molecular complexity index is 1140. The molecular weight excluding hydrogens is 400 g/mol. The summed E-state index contributed by atoms with van der Waals surface area (Å²) in [7, 11) is 0. The third-order valence-corrected chi connectivity index (χ3v) is 6.71. The van der Waals surface area contributed by atoms with E-state index in [9.17, 15) is 14.7 Å². The number of benzene rings is 3. The third kappa shape index (κ3) is 3.49. The molecule has 2 fully saturated rings. The monoisotopic (exact) mass is 426 g/mol. The molecule has 3 aromatic carbocycles. The highest BCUT2D eigenvalue weighted by Gasteiger charge is 2.54. The van der Waals surface area contributed by atoms with E-state index in [1.165, 1.54) is 5.56 Å². The van der Waals surface area contributed by atoms with Gasteiger partial charge in [0, 0.05) is 18.0 Å². The van der Waals surface area contributed by atoms with E-state index >= 15 is 0 Å². The number of piperazine rings is 1. The van der Waals surface area contributed by atoms with Gasteiger partial charge in [-0.25, -0.2) is 0 Å². The lowest BCUT2D eigenvalue weighted by Gasteiger charge is -2.58. The predicted molar refractivity (Wildman–Crippen MR) is 123 cm³/mol. The largest absolute Gasteiger partial charge is 0.394 e. The maximum Gasteiger partial charge on any atom is 0.254 e. The smallest absolute Gasteiger partial charge is 0.254 e. The minimum atomic E-state index is -0.244. The Labute approximate surface area is 187 Å². The van der Waals surface area contributed by atoms with Crippen molar-refractivity contribution in [1.29, 1.82) is 0 Å².